The van der Waals surface area contributed by atoms with Crippen molar-refractivity contribution in [3.05, 3.63) is 45.0 Å². The molecule has 0 saturated heterocycles. The molecule has 1 aromatic carbocycles. The molecule has 0 bridgehead atoms. The smallest absolute Gasteiger partial charge is 0.282 e. The Hall–Kier alpha value is -2.55. The molecule has 1 heterocycles. The van der Waals surface area contributed by atoms with E-state index in [2.05, 4.69) is 15.5 Å². The molecule has 8 nitrogen and oxygen atoms in total. The van der Waals surface area contributed by atoms with E-state index in [0.29, 0.717) is 10.1 Å². The summed E-state index contributed by atoms with van der Waals surface area (Å²) < 4.78 is 0. The van der Waals surface area contributed by atoms with Crippen LogP contribution in [-0.4, -0.2) is 21.0 Å². The summed E-state index contributed by atoms with van der Waals surface area (Å²) in [6.45, 7) is 0.125. The van der Waals surface area contributed by atoms with Crippen LogP contribution >= 0.6 is 11.3 Å². The highest BCUT2D eigenvalue weighted by Gasteiger charge is 2.19. The zero-order chi connectivity index (χ0) is 13.8. The van der Waals surface area contributed by atoms with Crippen LogP contribution in [0.25, 0.3) is 0 Å². The molecule has 0 aliphatic carbocycles. The number of hydrogen-bond acceptors (Lipinski definition) is 7. The van der Waals surface area contributed by atoms with Crippen LogP contribution in [0.15, 0.2) is 24.3 Å². The van der Waals surface area contributed by atoms with Crippen molar-refractivity contribution in [1.29, 1.82) is 0 Å². The molecule has 2 aromatic rings. The topological polar surface area (TPSA) is 124 Å². The monoisotopic (exact) mass is 279 g/mol. The number of carbonyl (C=O) groups excluding carboxylic acids is 1. The Kier molecular flexibility index (Phi) is 3.66. The fraction of sp³-hybridized carbons (Fsp3) is 0.100. The fourth-order valence-corrected chi connectivity index (χ4v) is 1.96. The van der Waals surface area contributed by atoms with Crippen molar-refractivity contribution in [2.24, 2.45) is 0 Å². The van der Waals surface area contributed by atoms with E-state index in [4.69, 9.17) is 5.73 Å². The van der Waals surface area contributed by atoms with Crippen LogP contribution in [0.2, 0.25) is 0 Å². The maximum absolute atomic E-state index is 11.9. The number of amides is 1. The lowest BCUT2D eigenvalue weighted by Gasteiger charge is -2.03. The Balaban J connectivity index is 2.10. The third kappa shape index (κ3) is 3.01. The van der Waals surface area contributed by atoms with Gasteiger partial charge >= 0.3 is 0 Å². The van der Waals surface area contributed by atoms with Crippen molar-refractivity contribution < 1.29 is 9.72 Å². The van der Waals surface area contributed by atoms with E-state index in [-0.39, 0.29) is 17.8 Å². The Labute approximate surface area is 111 Å². The number of aromatic nitrogens is 2. The van der Waals surface area contributed by atoms with Gasteiger partial charge in [-0.15, -0.1) is 10.2 Å². The van der Waals surface area contributed by atoms with Gasteiger partial charge in [-0.25, -0.2) is 0 Å². The zero-order valence-corrected chi connectivity index (χ0v) is 10.4. The van der Waals surface area contributed by atoms with Crippen LogP contribution in [0.4, 0.5) is 10.8 Å². The summed E-state index contributed by atoms with van der Waals surface area (Å²) in [5.74, 6) is -0.541. The van der Waals surface area contributed by atoms with Gasteiger partial charge in [0.1, 0.15) is 10.6 Å². The summed E-state index contributed by atoms with van der Waals surface area (Å²) in [5, 5.41) is 21.5. The van der Waals surface area contributed by atoms with Crippen molar-refractivity contribution in [3.63, 3.8) is 0 Å². The number of benzene rings is 1. The minimum atomic E-state index is -0.599. The van der Waals surface area contributed by atoms with E-state index >= 15 is 0 Å². The van der Waals surface area contributed by atoms with Gasteiger partial charge in [-0.3, -0.25) is 14.9 Å². The molecule has 98 valence electrons. The van der Waals surface area contributed by atoms with Gasteiger partial charge in [-0.1, -0.05) is 23.5 Å². The molecule has 0 unspecified atom stereocenters. The summed E-state index contributed by atoms with van der Waals surface area (Å²) in [5.41, 5.74) is 5.17. The largest absolute Gasteiger partial charge is 0.374 e. The van der Waals surface area contributed by atoms with Crippen LogP contribution in [0, 0.1) is 10.1 Å². The first kappa shape index (κ1) is 12.9. The first-order chi connectivity index (χ1) is 9.08. The van der Waals surface area contributed by atoms with E-state index < -0.39 is 10.8 Å². The molecule has 1 amide bonds. The molecule has 0 aliphatic rings. The first-order valence-electron chi connectivity index (χ1n) is 5.17. The number of nitrogens with zero attached hydrogens (tertiary/aromatic N) is 3. The number of anilines is 1. The Morgan fingerprint density at radius 3 is 2.79 bits per heavy atom. The molecule has 0 saturated carbocycles. The Morgan fingerprint density at radius 1 is 1.42 bits per heavy atom. The van der Waals surface area contributed by atoms with Crippen molar-refractivity contribution in [2.45, 2.75) is 6.54 Å². The summed E-state index contributed by atoms with van der Waals surface area (Å²) in [4.78, 5) is 22.1. The molecule has 3 N–H and O–H groups in total. The summed E-state index contributed by atoms with van der Waals surface area (Å²) >= 11 is 1.14. The van der Waals surface area contributed by atoms with E-state index in [1.165, 1.54) is 18.2 Å². The molecule has 9 heteroatoms. The minimum absolute atomic E-state index is 0.00462. The number of nitrogens with one attached hydrogen (secondary N) is 1. The number of carbonyl (C=O) groups is 1. The van der Waals surface area contributed by atoms with Gasteiger partial charge in [-0.05, 0) is 6.07 Å². The van der Waals surface area contributed by atoms with Gasteiger partial charge in [0.25, 0.3) is 11.6 Å². The highest BCUT2D eigenvalue weighted by molar-refractivity contribution is 7.15. The number of nitro groups is 1. The lowest BCUT2D eigenvalue weighted by molar-refractivity contribution is -0.385. The van der Waals surface area contributed by atoms with Crippen molar-refractivity contribution in [2.75, 3.05) is 5.73 Å². The van der Waals surface area contributed by atoms with Gasteiger partial charge < -0.3 is 11.1 Å². The highest BCUT2D eigenvalue weighted by Crippen LogP contribution is 2.17. The number of nitrogen functional groups attached to an aromatic ring is 1. The van der Waals surface area contributed by atoms with Crippen LogP contribution < -0.4 is 11.1 Å². The number of para-hydroxylation sites is 1. The lowest BCUT2D eigenvalue weighted by Crippen LogP contribution is -2.23. The predicted octanol–water partition coefficient (Wildman–Crippen LogP) is 0.958. The molecule has 0 aliphatic heterocycles. The Morgan fingerprint density at radius 2 is 2.16 bits per heavy atom. The molecule has 19 heavy (non-hydrogen) atoms. The number of nitro benzene ring substituents is 1. The van der Waals surface area contributed by atoms with E-state index in [9.17, 15) is 14.9 Å². The number of nitrogens with two attached hydrogens (primary N) is 1. The Bertz CT molecular complexity index is 627. The second-order valence-corrected chi connectivity index (χ2v) is 4.58. The minimum Gasteiger partial charge on any atom is -0.374 e. The van der Waals surface area contributed by atoms with Crippen LogP contribution in [-0.2, 0) is 6.54 Å². The summed E-state index contributed by atoms with van der Waals surface area (Å²) in [7, 11) is 0. The molecule has 0 spiro atoms. The molecule has 0 atom stereocenters. The molecule has 2 rings (SSSR count). The normalized spacial score (nSPS) is 10.1. The third-order valence-corrected chi connectivity index (χ3v) is 2.98. The summed E-state index contributed by atoms with van der Waals surface area (Å²) in [6.07, 6.45) is 0. The van der Waals surface area contributed by atoms with E-state index in [1.54, 1.807) is 6.07 Å². The first-order valence-corrected chi connectivity index (χ1v) is 5.99. The van der Waals surface area contributed by atoms with E-state index in [0.717, 1.165) is 11.3 Å². The van der Waals surface area contributed by atoms with Crippen LogP contribution in [0.3, 0.4) is 0 Å². The average Bonchev–Trinajstić information content (AvgIpc) is 2.81. The lowest BCUT2D eigenvalue weighted by atomic mass is 10.1. The van der Waals surface area contributed by atoms with Gasteiger partial charge in [0.15, 0.2) is 0 Å². The van der Waals surface area contributed by atoms with Crippen molar-refractivity contribution in [1.82, 2.24) is 15.5 Å². The second kappa shape index (κ2) is 5.40. The third-order valence-electron chi connectivity index (χ3n) is 2.23. The predicted molar refractivity (Wildman–Crippen MR) is 68.6 cm³/mol. The fourth-order valence-electron chi connectivity index (χ4n) is 1.41. The zero-order valence-electron chi connectivity index (χ0n) is 9.57. The van der Waals surface area contributed by atoms with Gasteiger partial charge in [-0.2, -0.15) is 0 Å². The number of rotatable bonds is 4. The van der Waals surface area contributed by atoms with Gasteiger partial charge in [0, 0.05) is 6.07 Å². The molecular weight excluding hydrogens is 270 g/mol. The molecule has 0 radical (unpaired) electrons. The second-order valence-electron chi connectivity index (χ2n) is 3.49. The average molecular weight is 279 g/mol. The standard InChI is InChI=1S/C10H9N5O3S/c11-10-14-13-8(19-10)5-12-9(16)6-3-1-2-4-7(6)15(17)18/h1-4H,5H2,(H2,11,14)(H,12,16). The van der Waals surface area contributed by atoms with Gasteiger partial charge in [0.05, 0.1) is 11.5 Å². The van der Waals surface area contributed by atoms with Gasteiger partial charge in [0.2, 0.25) is 5.13 Å². The number of hydrogen-bond donors (Lipinski definition) is 2. The molecular formula is C10H9N5O3S. The maximum Gasteiger partial charge on any atom is 0.282 e. The molecule has 1 aromatic heterocycles. The van der Waals surface area contributed by atoms with Crippen LogP contribution in [0.5, 0.6) is 0 Å². The molecule has 0 fully saturated rings. The summed E-state index contributed by atoms with van der Waals surface area (Å²) in [6, 6.07) is 5.73. The van der Waals surface area contributed by atoms with Crippen molar-refractivity contribution >= 4 is 28.1 Å². The van der Waals surface area contributed by atoms with E-state index in [1.807, 2.05) is 0 Å². The highest BCUT2D eigenvalue weighted by atomic mass is 32.1. The van der Waals surface area contributed by atoms with Crippen molar-refractivity contribution in [3.8, 4) is 0 Å². The quantitative estimate of drug-likeness (QED) is 0.634. The van der Waals surface area contributed by atoms with Crippen LogP contribution in [0.1, 0.15) is 15.4 Å². The SMILES string of the molecule is Nc1nnc(CNC(=O)c2ccccc2[N+](=O)[O-])s1. The maximum atomic E-state index is 11.9.